The molecule has 0 atom stereocenters. The monoisotopic (exact) mass is 332 g/mol. The maximum atomic E-state index is 12.2. The molecule has 0 aromatic carbocycles. The summed E-state index contributed by atoms with van der Waals surface area (Å²) in [6, 6.07) is 3.53. The van der Waals surface area contributed by atoms with Gasteiger partial charge in [0, 0.05) is 50.6 Å². The molecular formula is C17H24N4O3. The van der Waals surface area contributed by atoms with E-state index in [4.69, 9.17) is 0 Å². The molecule has 0 unspecified atom stereocenters. The number of nitrogens with one attached hydrogen (secondary N) is 1. The molecule has 0 spiro atoms. The number of likely N-dealkylation sites (N-methyl/N-ethyl adjacent to an activating group) is 1. The summed E-state index contributed by atoms with van der Waals surface area (Å²) in [6.07, 6.45) is 5.26. The summed E-state index contributed by atoms with van der Waals surface area (Å²) in [7, 11) is 3.43. The van der Waals surface area contributed by atoms with Crippen molar-refractivity contribution in [2.24, 2.45) is 0 Å². The molecule has 2 heterocycles. The van der Waals surface area contributed by atoms with E-state index in [0.717, 1.165) is 32.0 Å². The zero-order chi connectivity index (χ0) is 17.4. The smallest absolute Gasteiger partial charge is 0.330 e. The van der Waals surface area contributed by atoms with E-state index in [9.17, 15) is 9.59 Å². The molecular weight excluding hydrogens is 308 g/mol. The normalized spacial score (nSPS) is 15.5. The third-order valence-electron chi connectivity index (χ3n) is 3.89. The number of nitrogens with zero attached hydrogens (tertiary/aromatic N) is 3. The Morgan fingerprint density at radius 3 is 2.79 bits per heavy atom. The van der Waals surface area contributed by atoms with Gasteiger partial charge in [0.05, 0.1) is 7.11 Å². The lowest BCUT2D eigenvalue weighted by Crippen LogP contribution is -2.44. The number of piperazine rings is 1. The standard InChI is InChI=1S/C17H24N4O3/c1-20-9-11-21(12-10-20)15-13-14(6-8-18-15)17(23)19-7-4-3-5-16(22)24-2/h3,5-6,8,13H,4,7,9-12H2,1-2H3,(H,19,23)/b5-3+. The van der Waals surface area contributed by atoms with Crippen molar-refractivity contribution in [3.63, 3.8) is 0 Å². The number of carbonyl (C=O) groups excluding carboxylic acids is 2. The lowest BCUT2D eigenvalue weighted by atomic mass is 10.2. The number of ether oxygens (including phenoxy) is 1. The Hall–Kier alpha value is -2.41. The Morgan fingerprint density at radius 2 is 2.08 bits per heavy atom. The number of pyridine rings is 1. The van der Waals surface area contributed by atoms with E-state index < -0.39 is 5.97 Å². The molecule has 0 saturated carbocycles. The van der Waals surface area contributed by atoms with Gasteiger partial charge in [-0.3, -0.25) is 4.79 Å². The summed E-state index contributed by atoms with van der Waals surface area (Å²) in [6.45, 7) is 4.26. The summed E-state index contributed by atoms with van der Waals surface area (Å²) in [4.78, 5) is 32.0. The van der Waals surface area contributed by atoms with E-state index in [0.29, 0.717) is 18.5 Å². The van der Waals surface area contributed by atoms with E-state index in [2.05, 4.69) is 31.9 Å². The number of amides is 1. The molecule has 1 saturated heterocycles. The quantitative estimate of drug-likeness (QED) is 0.469. The highest BCUT2D eigenvalue weighted by atomic mass is 16.5. The van der Waals surface area contributed by atoms with Gasteiger partial charge in [0.1, 0.15) is 5.82 Å². The molecule has 7 nitrogen and oxygen atoms in total. The molecule has 1 aromatic heterocycles. The fourth-order valence-corrected chi connectivity index (χ4v) is 2.39. The van der Waals surface area contributed by atoms with Gasteiger partial charge in [0.15, 0.2) is 0 Å². The first-order valence-electron chi connectivity index (χ1n) is 8.02. The Bertz CT molecular complexity index is 595. The van der Waals surface area contributed by atoms with Crippen molar-refractivity contribution in [3.8, 4) is 0 Å². The number of rotatable bonds is 6. The summed E-state index contributed by atoms with van der Waals surface area (Å²) < 4.78 is 4.50. The molecule has 1 aromatic rings. The highest BCUT2D eigenvalue weighted by Gasteiger charge is 2.16. The van der Waals surface area contributed by atoms with Crippen molar-refractivity contribution in [1.29, 1.82) is 0 Å². The Labute approximate surface area is 142 Å². The van der Waals surface area contributed by atoms with Gasteiger partial charge in [-0.05, 0) is 25.6 Å². The van der Waals surface area contributed by atoms with E-state index in [-0.39, 0.29) is 5.91 Å². The molecule has 1 aliphatic heterocycles. The number of hydrogen-bond donors (Lipinski definition) is 1. The average molecular weight is 332 g/mol. The number of anilines is 1. The Balaban J connectivity index is 1.85. The van der Waals surface area contributed by atoms with E-state index in [1.165, 1.54) is 13.2 Å². The first-order valence-corrected chi connectivity index (χ1v) is 8.02. The van der Waals surface area contributed by atoms with Crippen LogP contribution < -0.4 is 10.2 Å². The van der Waals surface area contributed by atoms with Crippen molar-refractivity contribution in [2.75, 3.05) is 51.8 Å². The molecule has 7 heteroatoms. The fourth-order valence-electron chi connectivity index (χ4n) is 2.39. The van der Waals surface area contributed by atoms with Crippen molar-refractivity contribution >= 4 is 17.7 Å². The number of methoxy groups -OCH3 is 1. The fraction of sp³-hybridized carbons (Fsp3) is 0.471. The molecule has 1 N–H and O–H groups in total. The number of esters is 1. The molecule has 1 aliphatic rings. The highest BCUT2D eigenvalue weighted by molar-refractivity contribution is 5.94. The zero-order valence-corrected chi connectivity index (χ0v) is 14.2. The van der Waals surface area contributed by atoms with Gasteiger partial charge in [0.2, 0.25) is 0 Å². The molecule has 130 valence electrons. The van der Waals surface area contributed by atoms with E-state index in [1.807, 2.05) is 6.07 Å². The van der Waals surface area contributed by atoms with Crippen LogP contribution in [0.3, 0.4) is 0 Å². The molecule has 24 heavy (non-hydrogen) atoms. The van der Waals surface area contributed by atoms with Crippen LogP contribution in [-0.4, -0.2) is 68.6 Å². The number of aromatic nitrogens is 1. The summed E-state index contributed by atoms with van der Waals surface area (Å²) in [5.41, 5.74) is 0.593. The summed E-state index contributed by atoms with van der Waals surface area (Å²) in [5.74, 6) is 0.299. The minimum atomic E-state index is -0.396. The van der Waals surface area contributed by atoms with Gasteiger partial charge in [-0.15, -0.1) is 0 Å². The van der Waals surface area contributed by atoms with Crippen LogP contribution in [0.2, 0.25) is 0 Å². The second kappa shape index (κ2) is 9.02. The van der Waals surface area contributed by atoms with Crippen molar-refractivity contribution in [3.05, 3.63) is 36.0 Å². The Kier molecular flexibility index (Phi) is 6.74. The van der Waals surface area contributed by atoms with E-state index >= 15 is 0 Å². The van der Waals surface area contributed by atoms with Crippen LogP contribution in [0.15, 0.2) is 30.5 Å². The van der Waals surface area contributed by atoms with Crippen LogP contribution in [0.4, 0.5) is 5.82 Å². The molecule has 1 amide bonds. The maximum Gasteiger partial charge on any atom is 0.330 e. The molecule has 0 radical (unpaired) electrons. The zero-order valence-electron chi connectivity index (χ0n) is 14.2. The highest BCUT2D eigenvalue weighted by Crippen LogP contribution is 2.14. The first kappa shape index (κ1) is 17.9. The maximum absolute atomic E-state index is 12.2. The lowest BCUT2D eigenvalue weighted by Gasteiger charge is -2.33. The van der Waals surface area contributed by atoms with Crippen molar-refractivity contribution in [2.45, 2.75) is 6.42 Å². The van der Waals surface area contributed by atoms with Gasteiger partial charge in [-0.1, -0.05) is 6.08 Å². The van der Waals surface area contributed by atoms with Crippen LogP contribution in [0.5, 0.6) is 0 Å². The largest absolute Gasteiger partial charge is 0.466 e. The molecule has 1 fully saturated rings. The molecule has 2 rings (SSSR count). The van der Waals surface area contributed by atoms with Crippen LogP contribution in [-0.2, 0) is 9.53 Å². The first-order chi connectivity index (χ1) is 11.6. The van der Waals surface area contributed by atoms with Crippen LogP contribution in [0.1, 0.15) is 16.8 Å². The molecule has 0 bridgehead atoms. The van der Waals surface area contributed by atoms with Gasteiger partial charge in [-0.2, -0.15) is 0 Å². The summed E-state index contributed by atoms with van der Waals surface area (Å²) >= 11 is 0. The second-order valence-electron chi connectivity index (χ2n) is 5.66. The molecule has 0 aliphatic carbocycles. The summed E-state index contributed by atoms with van der Waals surface area (Å²) in [5, 5.41) is 2.83. The van der Waals surface area contributed by atoms with Gasteiger partial charge in [-0.25, -0.2) is 9.78 Å². The predicted molar refractivity (Wildman–Crippen MR) is 92.1 cm³/mol. The predicted octanol–water partition coefficient (Wildman–Crippen LogP) is 0.683. The van der Waals surface area contributed by atoms with Crippen molar-refractivity contribution < 1.29 is 14.3 Å². The topological polar surface area (TPSA) is 74.8 Å². The van der Waals surface area contributed by atoms with E-state index in [1.54, 1.807) is 18.3 Å². The van der Waals surface area contributed by atoms with Crippen molar-refractivity contribution in [1.82, 2.24) is 15.2 Å². The number of hydrogen-bond acceptors (Lipinski definition) is 6. The van der Waals surface area contributed by atoms with Gasteiger partial charge >= 0.3 is 5.97 Å². The second-order valence-corrected chi connectivity index (χ2v) is 5.66. The average Bonchev–Trinajstić information content (AvgIpc) is 2.61. The third kappa shape index (κ3) is 5.34. The van der Waals surface area contributed by atoms with Crippen LogP contribution >= 0.6 is 0 Å². The van der Waals surface area contributed by atoms with Gasteiger partial charge in [0.25, 0.3) is 5.91 Å². The Morgan fingerprint density at radius 1 is 1.33 bits per heavy atom. The minimum absolute atomic E-state index is 0.140. The SMILES string of the molecule is COC(=O)/C=C/CCNC(=O)c1ccnc(N2CCN(C)CC2)c1. The van der Waals surface area contributed by atoms with Gasteiger partial charge < -0.3 is 19.9 Å². The van der Waals surface area contributed by atoms with Crippen LogP contribution in [0, 0.1) is 0 Å². The minimum Gasteiger partial charge on any atom is -0.466 e. The third-order valence-corrected chi connectivity index (χ3v) is 3.89. The number of carbonyl (C=O) groups is 2. The lowest BCUT2D eigenvalue weighted by molar-refractivity contribution is -0.134. The van der Waals surface area contributed by atoms with Crippen LogP contribution in [0.25, 0.3) is 0 Å².